The Morgan fingerprint density at radius 3 is 2.72 bits per heavy atom. The summed E-state index contributed by atoms with van der Waals surface area (Å²) in [4.78, 5) is 3.28. The first-order valence-corrected chi connectivity index (χ1v) is 9.60. The van der Waals surface area contributed by atoms with Gasteiger partial charge in [-0.1, -0.05) is 29.8 Å². The monoisotopic (exact) mass is 378 g/mol. The Morgan fingerprint density at radius 1 is 1.20 bits per heavy atom. The fourth-order valence-electron chi connectivity index (χ4n) is 2.76. The van der Waals surface area contributed by atoms with Crippen LogP contribution in [-0.4, -0.2) is 38.4 Å². The Kier molecular flexibility index (Phi) is 5.03. The summed E-state index contributed by atoms with van der Waals surface area (Å²) in [6.07, 6.45) is 2.52. The highest BCUT2D eigenvalue weighted by Crippen LogP contribution is 2.29. The second-order valence-electron chi connectivity index (χ2n) is 5.73. The number of sulfonamides is 1. The van der Waals surface area contributed by atoms with E-state index < -0.39 is 10.0 Å². The summed E-state index contributed by atoms with van der Waals surface area (Å²) in [5.41, 5.74) is 2.12. The van der Waals surface area contributed by atoms with E-state index in [0.29, 0.717) is 18.0 Å². The van der Waals surface area contributed by atoms with Crippen molar-refractivity contribution in [1.82, 2.24) is 9.29 Å². The highest BCUT2D eigenvalue weighted by atomic mass is 35.5. The first kappa shape index (κ1) is 17.8. The third-order valence-electron chi connectivity index (χ3n) is 4.18. The second-order valence-corrected chi connectivity index (χ2v) is 8.18. The molecule has 0 aliphatic heterocycles. The van der Waals surface area contributed by atoms with Crippen LogP contribution in [0.25, 0.3) is 10.9 Å². The Balaban J connectivity index is 1.83. The topological polar surface area (TPSA) is 62.4 Å². The standard InChI is InChI=1S/C18H19ClN2O3S/c1-21(10-9-13-12-20-16-6-4-3-5-15(13)16)25(22,23)18-11-14(19)7-8-17(18)24-2/h3-8,11-12,20H,9-10H2,1-2H3. The van der Waals surface area contributed by atoms with Gasteiger partial charge in [0.2, 0.25) is 10.0 Å². The molecule has 0 fully saturated rings. The minimum absolute atomic E-state index is 0.0731. The van der Waals surface area contributed by atoms with Gasteiger partial charge >= 0.3 is 0 Å². The highest BCUT2D eigenvalue weighted by molar-refractivity contribution is 7.89. The Hall–Kier alpha value is -2.02. The molecule has 0 aliphatic carbocycles. The number of ether oxygens (including phenoxy) is 1. The summed E-state index contributed by atoms with van der Waals surface area (Å²) in [6.45, 7) is 0.347. The van der Waals surface area contributed by atoms with Crippen LogP contribution in [0.1, 0.15) is 5.56 Å². The van der Waals surface area contributed by atoms with Crippen molar-refractivity contribution < 1.29 is 13.2 Å². The fourth-order valence-corrected chi connectivity index (χ4v) is 4.34. The van der Waals surface area contributed by atoms with Crippen LogP contribution in [0.3, 0.4) is 0 Å². The maximum Gasteiger partial charge on any atom is 0.246 e. The summed E-state index contributed by atoms with van der Waals surface area (Å²) in [7, 11) is -0.698. The molecular weight excluding hydrogens is 360 g/mol. The first-order valence-electron chi connectivity index (χ1n) is 7.78. The van der Waals surface area contributed by atoms with Gasteiger partial charge in [-0.05, 0) is 36.2 Å². The lowest BCUT2D eigenvalue weighted by molar-refractivity contribution is 0.398. The molecule has 0 unspecified atom stereocenters. The minimum atomic E-state index is -3.70. The summed E-state index contributed by atoms with van der Waals surface area (Å²) in [6, 6.07) is 12.5. The second kappa shape index (κ2) is 7.07. The van der Waals surface area contributed by atoms with Gasteiger partial charge in [0.15, 0.2) is 0 Å². The van der Waals surface area contributed by atoms with Gasteiger partial charge in [-0.25, -0.2) is 12.7 Å². The minimum Gasteiger partial charge on any atom is -0.495 e. The van der Waals surface area contributed by atoms with E-state index in [1.807, 2.05) is 30.5 Å². The lowest BCUT2D eigenvalue weighted by atomic mass is 10.1. The first-order chi connectivity index (χ1) is 11.9. The summed E-state index contributed by atoms with van der Waals surface area (Å²) < 4.78 is 32.2. The number of nitrogens with zero attached hydrogens (tertiary/aromatic N) is 1. The van der Waals surface area contributed by atoms with E-state index >= 15 is 0 Å². The number of likely N-dealkylation sites (N-methyl/N-ethyl adjacent to an activating group) is 1. The molecular formula is C18H19ClN2O3S. The van der Waals surface area contributed by atoms with Gasteiger partial charge in [-0.15, -0.1) is 0 Å². The number of para-hydroxylation sites is 1. The molecule has 0 saturated heterocycles. The zero-order chi connectivity index (χ0) is 18.0. The van der Waals surface area contributed by atoms with Gasteiger partial charge in [-0.2, -0.15) is 0 Å². The van der Waals surface area contributed by atoms with E-state index in [1.165, 1.54) is 17.5 Å². The third kappa shape index (κ3) is 3.51. The number of rotatable bonds is 6. The zero-order valence-electron chi connectivity index (χ0n) is 14.0. The number of hydrogen-bond acceptors (Lipinski definition) is 3. The van der Waals surface area contributed by atoms with E-state index in [9.17, 15) is 8.42 Å². The molecule has 7 heteroatoms. The van der Waals surface area contributed by atoms with Crippen LogP contribution < -0.4 is 4.74 Å². The van der Waals surface area contributed by atoms with Crippen molar-refractivity contribution in [1.29, 1.82) is 0 Å². The van der Waals surface area contributed by atoms with Crippen LogP contribution in [-0.2, 0) is 16.4 Å². The molecule has 132 valence electrons. The Bertz CT molecular complexity index is 998. The van der Waals surface area contributed by atoms with Crippen molar-refractivity contribution in [2.75, 3.05) is 20.7 Å². The molecule has 5 nitrogen and oxygen atoms in total. The number of benzene rings is 2. The van der Waals surface area contributed by atoms with Gasteiger partial charge in [-0.3, -0.25) is 0 Å². The molecule has 1 N–H and O–H groups in total. The van der Waals surface area contributed by atoms with E-state index in [4.69, 9.17) is 16.3 Å². The van der Waals surface area contributed by atoms with Crippen LogP contribution in [0.5, 0.6) is 5.75 Å². The molecule has 0 atom stereocenters. The van der Waals surface area contributed by atoms with E-state index in [2.05, 4.69) is 4.98 Å². The molecule has 3 aromatic rings. The molecule has 2 aromatic carbocycles. The molecule has 0 amide bonds. The molecule has 0 radical (unpaired) electrons. The number of aromatic amines is 1. The van der Waals surface area contributed by atoms with Crippen molar-refractivity contribution in [2.24, 2.45) is 0 Å². The van der Waals surface area contributed by atoms with Crippen molar-refractivity contribution in [3.63, 3.8) is 0 Å². The Labute approximate surface area is 152 Å². The van der Waals surface area contributed by atoms with Crippen molar-refractivity contribution in [3.05, 3.63) is 59.2 Å². The number of halogens is 1. The quantitative estimate of drug-likeness (QED) is 0.711. The maximum atomic E-state index is 12.9. The average molecular weight is 379 g/mol. The molecule has 0 bridgehead atoms. The van der Waals surface area contributed by atoms with Gasteiger partial charge < -0.3 is 9.72 Å². The summed E-state index contributed by atoms with van der Waals surface area (Å²) in [5.74, 6) is 0.281. The normalized spacial score (nSPS) is 12.0. The van der Waals surface area contributed by atoms with Crippen LogP contribution in [0, 0.1) is 0 Å². The number of hydrogen-bond donors (Lipinski definition) is 1. The molecule has 1 heterocycles. The van der Waals surface area contributed by atoms with E-state index in [-0.39, 0.29) is 10.6 Å². The molecule has 1 aromatic heterocycles. The zero-order valence-corrected chi connectivity index (χ0v) is 15.6. The SMILES string of the molecule is COc1ccc(Cl)cc1S(=O)(=O)N(C)CCc1c[nH]c2ccccc12. The average Bonchev–Trinajstić information content (AvgIpc) is 3.02. The maximum absolute atomic E-state index is 12.9. The lowest BCUT2D eigenvalue weighted by Gasteiger charge is -2.19. The summed E-state index contributed by atoms with van der Waals surface area (Å²) >= 11 is 5.97. The van der Waals surface area contributed by atoms with Crippen LogP contribution >= 0.6 is 11.6 Å². The van der Waals surface area contributed by atoms with Crippen LogP contribution in [0.4, 0.5) is 0 Å². The molecule has 0 aliphatic rings. The largest absolute Gasteiger partial charge is 0.495 e. The van der Waals surface area contributed by atoms with Gasteiger partial charge in [0, 0.05) is 35.7 Å². The van der Waals surface area contributed by atoms with Gasteiger partial charge in [0.05, 0.1) is 7.11 Å². The van der Waals surface area contributed by atoms with Crippen molar-refractivity contribution in [2.45, 2.75) is 11.3 Å². The Morgan fingerprint density at radius 2 is 1.96 bits per heavy atom. The number of H-pyrrole nitrogens is 1. The fraction of sp³-hybridized carbons (Fsp3) is 0.222. The predicted octanol–water partition coefficient (Wildman–Crippen LogP) is 3.69. The molecule has 25 heavy (non-hydrogen) atoms. The predicted molar refractivity (Wildman–Crippen MR) is 99.8 cm³/mol. The third-order valence-corrected chi connectivity index (χ3v) is 6.30. The number of aromatic nitrogens is 1. The number of fused-ring (bicyclic) bond motifs is 1. The lowest BCUT2D eigenvalue weighted by Crippen LogP contribution is -2.29. The van der Waals surface area contributed by atoms with E-state index in [1.54, 1.807) is 19.2 Å². The van der Waals surface area contributed by atoms with Gasteiger partial charge in [0.1, 0.15) is 10.6 Å². The smallest absolute Gasteiger partial charge is 0.246 e. The molecule has 3 rings (SSSR count). The molecule has 0 saturated carbocycles. The van der Waals surface area contributed by atoms with Crippen LogP contribution in [0.15, 0.2) is 53.6 Å². The number of methoxy groups -OCH3 is 1. The van der Waals surface area contributed by atoms with Crippen LogP contribution in [0.2, 0.25) is 5.02 Å². The van der Waals surface area contributed by atoms with Gasteiger partial charge in [0.25, 0.3) is 0 Å². The highest BCUT2D eigenvalue weighted by Gasteiger charge is 2.25. The summed E-state index contributed by atoms with van der Waals surface area (Å²) in [5, 5.41) is 1.46. The number of nitrogens with one attached hydrogen (secondary N) is 1. The molecule has 0 spiro atoms. The van der Waals surface area contributed by atoms with Crippen molar-refractivity contribution >= 4 is 32.5 Å². The van der Waals surface area contributed by atoms with E-state index in [0.717, 1.165) is 16.5 Å². The van der Waals surface area contributed by atoms with Crippen molar-refractivity contribution in [3.8, 4) is 5.75 Å².